The van der Waals surface area contributed by atoms with Gasteiger partial charge in [0.1, 0.15) is 11.4 Å². The molecule has 0 atom stereocenters. The fraction of sp³-hybridized carbons (Fsp3) is 0.214. The molecule has 3 aromatic carbocycles. The summed E-state index contributed by atoms with van der Waals surface area (Å²) in [6, 6.07) is 26.0. The van der Waals surface area contributed by atoms with Gasteiger partial charge in [-0.25, -0.2) is 4.99 Å². The fourth-order valence-electron chi connectivity index (χ4n) is 3.46. The van der Waals surface area contributed by atoms with E-state index in [1.807, 2.05) is 79.7 Å². The molecule has 4 rings (SSSR count). The lowest BCUT2D eigenvalue weighted by molar-refractivity contribution is -0.113. The molecule has 0 radical (unpaired) electrons. The highest BCUT2D eigenvalue weighted by atomic mass is 32.2. The molecule has 3 aromatic rings. The summed E-state index contributed by atoms with van der Waals surface area (Å²) in [5.41, 5.74) is 4.65. The molecule has 33 heavy (non-hydrogen) atoms. The van der Waals surface area contributed by atoms with E-state index in [-0.39, 0.29) is 5.91 Å². The molecule has 168 valence electrons. The second kappa shape index (κ2) is 10.5. The molecule has 0 fully saturated rings. The number of amides is 1. The van der Waals surface area contributed by atoms with Crippen molar-refractivity contribution in [3.05, 3.63) is 101 Å². The molecule has 4 nitrogen and oxygen atoms in total. The van der Waals surface area contributed by atoms with Gasteiger partial charge in [0.05, 0.1) is 12.3 Å². The van der Waals surface area contributed by atoms with Gasteiger partial charge in [0.15, 0.2) is 5.17 Å². The highest BCUT2D eigenvalue weighted by Crippen LogP contribution is 2.30. The van der Waals surface area contributed by atoms with E-state index in [4.69, 9.17) is 9.73 Å². The molecular formula is C28H28N2O2S. The van der Waals surface area contributed by atoms with Gasteiger partial charge in [-0.3, -0.25) is 9.69 Å². The Balaban J connectivity index is 1.53. The Hall–Kier alpha value is -3.31. The number of aryl methyl sites for hydroxylation is 1. The topological polar surface area (TPSA) is 41.9 Å². The second-order valence-electron chi connectivity index (χ2n) is 8.23. The van der Waals surface area contributed by atoms with Crippen molar-refractivity contribution in [3.8, 4) is 5.75 Å². The number of hydrogen-bond acceptors (Lipinski definition) is 4. The van der Waals surface area contributed by atoms with Gasteiger partial charge in [-0.1, -0.05) is 85.8 Å². The third kappa shape index (κ3) is 5.74. The van der Waals surface area contributed by atoms with Crippen LogP contribution in [0.25, 0.3) is 6.08 Å². The van der Waals surface area contributed by atoms with Gasteiger partial charge in [0.25, 0.3) is 5.91 Å². The van der Waals surface area contributed by atoms with Gasteiger partial charge in [-0.15, -0.1) is 0 Å². The van der Waals surface area contributed by atoms with Crippen molar-refractivity contribution in [2.75, 3.05) is 17.3 Å². The highest BCUT2D eigenvalue weighted by molar-refractivity contribution is 8.14. The van der Waals surface area contributed by atoms with E-state index >= 15 is 0 Å². The summed E-state index contributed by atoms with van der Waals surface area (Å²) in [5, 5.41) is 0.672. The summed E-state index contributed by atoms with van der Waals surface area (Å²) in [4.78, 5) is 19.7. The predicted octanol–water partition coefficient (Wildman–Crippen LogP) is 6.67. The number of anilines is 1. The molecule has 1 amide bonds. The third-order valence-corrected chi connectivity index (χ3v) is 6.26. The first-order valence-electron chi connectivity index (χ1n) is 11.1. The Morgan fingerprint density at radius 1 is 0.970 bits per heavy atom. The van der Waals surface area contributed by atoms with Crippen molar-refractivity contribution < 1.29 is 9.53 Å². The van der Waals surface area contributed by atoms with Crippen LogP contribution in [0.1, 0.15) is 36.5 Å². The highest BCUT2D eigenvalue weighted by Gasteiger charge is 2.31. The van der Waals surface area contributed by atoms with Gasteiger partial charge in [-0.05, 0) is 54.3 Å². The maximum atomic E-state index is 13.3. The lowest BCUT2D eigenvalue weighted by Gasteiger charge is -2.18. The number of para-hydroxylation sites is 1. The second-order valence-corrected chi connectivity index (χ2v) is 9.29. The molecule has 0 aliphatic carbocycles. The number of nitrogens with zero attached hydrogens (tertiary/aromatic N) is 2. The lowest BCUT2D eigenvalue weighted by atomic mass is 10.0. The van der Waals surface area contributed by atoms with E-state index < -0.39 is 0 Å². The number of ether oxygens (including phenoxy) is 1. The van der Waals surface area contributed by atoms with Crippen molar-refractivity contribution in [1.29, 1.82) is 0 Å². The lowest BCUT2D eigenvalue weighted by Crippen LogP contribution is -2.30. The number of rotatable bonds is 7. The SMILES string of the molecule is Cc1ccc(N2C(=O)C(=Cc3ccc(C(C)C)cc3)N=C2SCCOc2ccccc2)cc1. The summed E-state index contributed by atoms with van der Waals surface area (Å²) in [7, 11) is 0. The van der Waals surface area contributed by atoms with E-state index in [0.717, 1.165) is 22.6 Å². The fourth-order valence-corrected chi connectivity index (χ4v) is 4.29. The van der Waals surface area contributed by atoms with E-state index in [1.165, 1.54) is 17.3 Å². The number of benzene rings is 3. The van der Waals surface area contributed by atoms with E-state index in [0.29, 0.717) is 29.1 Å². The van der Waals surface area contributed by atoms with Crippen LogP contribution in [0.2, 0.25) is 0 Å². The largest absolute Gasteiger partial charge is 0.493 e. The van der Waals surface area contributed by atoms with E-state index in [2.05, 4.69) is 26.0 Å². The van der Waals surface area contributed by atoms with Crippen LogP contribution in [0.3, 0.4) is 0 Å². The zero-order valence-corrected chi connectivity index (χ0v) is 20.0. The van der Waals surface area contributed by atoms with Crippen molar-refractivity contribution in [3.63, 3.8) is 0 Å². The van der Waals surface area contributed by atoms with Crippen LogP contribution in [0.15, 0.2) is 89.6 Å². The standard InChI is InChI=1S/C28H28N2O2S/c1-20(2)23-13-11-22(12-14-23)19-26-27(31)30(24-15-9-21(3)10-16-24)28(29-26)33-18-17-32-25-7-5-4-6-8-25/h4-16,19-20H,17-18H2,1-3H3. The van der Waals surface area contributed by atoms with Crippen molar-refractivity contribution in [2.45, 2.75) is 26.7 Å². The third-order valence-electron chi connectivity index (χ3n) is 5.35. The summed E-state index contributed by atoms with van der Waals surface area (Å²) in [5.74, 6) is 1.87. The Bertz CT molecular complexity index is 1150. The summed E-state index contributed by atoms with van der Waals surface area (Å²) >= 11 is 1.52. The Morgan fingerprint density at radius 3 is 2.33 bits per heavy atom. The normalized spacial score (nSPS) is 14.8. The number of carbonyl (C=O) groups is 1. The molecule has 1 aliphatic heterocycles. The molecule has 5 heteroatoms. The minimum absolute atomic E-state index is 0.113. The molecular weight excluding hydrogens is 428 g/mol. The molecule has 1 heterocycles. The van der Waals surface area contributed by atoms with Crippen LogP contribution < -0.4 is 9.64 Å². The Kier molecular flexibility index (Phi) is 7.30. The number of carbonyl (C=O) groups excluding carboxylic acids is 1. The van der Waals surface area contributed by atoms with Crippen LogP contribution >= 0.6 is 11.8 Å². The first-order chi connectivity index (χ1) is 16.0. The van der Waals surface area contributed by atoms with E-state index in [9.17, 15) is 4.79 Å². The van der Waals surface area contributed by atoms with Crippen LogP contribution in [0, 0.1) is 6.92 Å². The summed E-state index contributed by atoms with van der Waals surface area (Å²) < 4.78 is 5.81. The average molecular weight is 457 g/mol. The molecule has 0 saturated heterocycles. The number of thioether (sulfide) groups is 1. The van der Waals surface area contributed by atoms with Crippen molar-refractivity contribution in [1.82, 2.24) is 0 Å². The maximum absolute atomic E-state index is 13.3. The smallest absolute Gasteiger partial charge is 0.283 e. The molecule has 0 aromatic heterocycles. The molecule has 0 unspecified atom stereocenters. The van der Waals surface area contributed by atoms with Crippen LogP contribution in [0.5, 0.6) is 5.75 Å². The number of hydrogen-bond donors (Lipinski definition) is 0. The quantitative estimate of drug-likeness (QED) is 0.294. The Labute approximate surface area is 200 Å². The van der Waals surface area contributed by atoms with Gasteiger partial charge in [0.2, 0.25) is 0 Å². The molecule has 0 N–H and O–H groups in total. The number of amidine groups is 1. The van der Waals surface area contributed by atoms with Crippen molar-refractivity contribution in [2.24, 2.45) is 4.99 Å². The Morgan fingerprint density at radius 2 is 1.67 bits per heavy atom. The zero-order chi connectivity index (χ0) is 23.2. The summed E-state index contributed by atoms with van der Waals surface area (Å²) in [6.45, 7) is 6.90. The first-order valence-corrected chi connectivity index (χ1v) is 12.1. The van der Waals surface area contributed by atoms with Gasteiger partial charge in [-0.2, -0.15) is 0 Å². The monoisotopic (exact) mass is 456 g/mol. The first kappa shape index (κ1) is 22.9. The minimum Gasteiger partial charge on any atom is -0.493 e. The molecule has 0 bridgehead atoms. The number of aliphatic imine (C=N–C) groups is 1. The van der Waals surface area contributed by atoms with E-state index in [1.54, 1.807) is 4.90 Å². The van der Waals surface area contributed by atoms with Gasteiger partial charge in [0, 0.05) is 5.75 Å². The maximum Gasteiger partial charge on any atom is 0.283 e. The molecule has 0 spiro atoms. The van der Waals surface area contributed by atoms with Gasteiger partial charge >= 0.3 is 0 Å². The predicted molar refractivity (Wildman–Crippen MR) is 139 cm³/mol. The van der Waals surface area contributed by atoms with Gasteiger partial charge < -0.3 is 4.74 Å². The van der Waals surface area contributed by atoms with Crippen LogP contribution in [-0.4, -0.2) is 23.4 Å². The average Bonchev–Trinajstić information content (AvgIpc) is 3.13. The molecule has 0 saturated carbocycles. The van der Waals surface area contributed by atoms with Crippen molar-refractivity contribution >= 4 is 34.6 Å². The molecule has 1 aliphatic rings. The van der Waals surface area contributed by atoms with Crippen LogP contribution in [-0.2, 0) is 4.79 Å². The summed E-state index contributed by atoms with van der Waals surface area (Å²) in [6.07, 6.45) is 1.86. The minimum atomic E-state index is -0.113. The zero-order valence-electron chi connectivity index (χ0n) is 19.2. The van der Waals surface area contributed by atoms with Crippen LogP contribution in [0.4, 0.5) is 5.69 Å².